The highest BCUT2D eigenvalue weighted by molar-refractivity contribution is 7.99. The molecule has 20 heavy (non-hydrogen) atoms. The minimum absolute atomic E-state index is 0.283. The fourth-order valence-corrected chi connectivity index (χ4v) is 3.93. The first-order valence-corrected chi connectivity index (χ1v) is 8.16. The zero-order chi connectivity index (χ0) is 14.7. The van der Waals surface area contributed by atoms with Crippen molar-refractivity contribution in [3.8, 4) is 0 Å². The summed E-state index contributed by atoms with van der Waals surface area (Å²) in [6.07, 6.45) is 5.48. The van der Waals surface area contributed by atoms with Crippen LogP contribution in [0.25, 0.3) is 0 Å². The lowest BCUT2D eigenvalue weighted by Gasteiger charge is -2.25. The van der Waals surface area contributed by atoms with E-state index < -0.39 is 5.97 Å². The second-order valence-corrected chi connectivity index (χ2v) is 6.85. The zero-order valence-corrected chi connectivity index (χ0v) is 13.2. The first kappa shape index (κ1) is 15.3. The Hall–Kier alpha value is -1.10. The molecule has 0 atom stereocenters. The molecule has 0 aromatic carbocycles. The van der Waals surface area contributed by atoms with E-state index >= 15 is 0 Å². The van der Waals surface area contributed by atoms with Gasteiger partial charge in [0.15, 0.2) is 0 Å². The van der Waals surface area contributed by atoms with Gasteiger partial charge in [-0.15, -0.1) is 11.8 Å². The maximum atomic E-state index is 11.4. The quantitative estimate of drug-likeness (QED) is 0.857. The SMILES string of the molecule is CCc1nc(C)c(C(=O)O)c(SC2CCC(C)CC2)n1. The highest BCUT2D eigenvalue weighted by Gasteiger charge is 2.24. The van der Waals surface area contributed by atoms with Crippen molar-refractivity contribution >= 4 is 17.7 Å². The number of carboxylic acids is 1. The average molecular weight is 294 g/mol. The molecule has 1 aliphatic rings. The summed E-state index contributed by atoms with van der Waals surface area (Å²) < 4.78 is 0. The Morgan fingerprint density at radius 1 is 1.30 bits per heavy atom. The summed E-state index contributed by atoms with van der Waals surface area (Å²) in [6, 6.07) is 0. The van der Waals surface area contributed by atoms with Gasteiger partial charge < -0.3 is 5.11 Å². The summed E-state index contributed by atoms with van der Waals surface area (Å²) in [7, 11) is 0. The summed E-state index contributed by atoms with van der Waals surface area (Å²) in [5.74, 6) is 0.611. The highest BCUT2D eigenvalue weighted by atomic mass is 32.2. The van der Waals surface area contributed by atoms with Crippen LogP contribution in [-0.4, -0.2) is 26.3 Å². The molecule has 0 bridgehead atoms. The second kappa shape index (κ2) is 6.57. The van der Waals surface area contributed by atoms with E-state index in [4.69, 9.17) is 0 Å². The van der Waals surface area contributed by atoms with Gasteiger partial charge in [0.05, 0.1) is 5.69 Å². The Balaban J connectivity index is 2.24. The largest absolute Gasteiger partial charge is 0.478 e. The van der Waals surface area contributed by atoms with Gasteiger partial charge in [0.1, 0.15) is 16.4 Å². The van der Waals surface area contributed by atoms with E-state index in [2.05, 4.69) is 16.9 Å². The van der Waals surface area contributed by atoms with Crippen LogP contribution in [0, 0.1) is 12.8 Å². The molecule has 0 unspecified atom stereocenters. The number of rotatable bonds is 4. The summed E-state index contributed by atoms with van der Waals surface area (Å²) in [5, 5.41) is 10.5. The topological polar surface area (TPSA) is 63.1 Å². The molecular weight excluding hydrogens is 272 g/mol. The van der Waals surface area contributed by atoms with Crippen molar-refractivity contribution in [3.63, 3.8) is 0 Å². The van der Waals surface area contributed by atoms with Crippen molar-refractivity contribution in [2.45, 2.75) is 63.2 Å². The van der Waals surface area contributed by atoms with Gasteiger partial charge in [-0.05, 0) is 38.5 Å². The molecule has 1 saturated carbocycles. The Morgan fingerprint density at radius 3 is 2.50 bits per heavy atom. The third-order valence-corrected chi connectivity index (χ3v) is 5.20. The molecule has 4 nitrogen and oxygen atoms in total. The molecule has 1 heterocycles. The van der Waals surface area contributed by atoms with Gasteiger partial charge in [0.25, 0.3) is 0 Å². The third kappa shape index (κ3) is 3.51. The number of carboxylic acid groups (broad SMARTS) is 1. The van der Waals surface area contributed by atoms with Crippen molar-refractivity contribution < 1.29 is 9.90 Å². The molecule has 1 aromatic rings. The number of aryl methyl sites for hydroxylation is 2. The van der Waals surface area contributed by atoms with Gasteiger partial charge in [0.2, 0.25) is 0 Å². The van der Waals surface area contributed by atoms with Gasteiger partial charge in [-0.1, -0.05) is 13.8 Å². The molecule has 5 heteroatoms. The number of aromatic carboxylic acids is 1. The summed E-state index contributed by atoms with van der Waals surface area (Å²) in [4.78, 5) is 20.2. The van der Waals surface area contributed by atoms with Gasteiger partial charge in [-0.2, -0.15) is 0 Å². The van der Waals surface area contributed by atoms with Gasteiger partial charge in [0, 0.05) is 11.7 Å². The molecule has 1 aromatic heterocycles. The third-order valence-electron chi connectivity index (χ3n) is 3.87. The minimum Gasteiger partial charge on any atom is -0.478 e. The Morgan fingerprint density at radius 2 is 1.95 bits per heavy atom. The molecule has 110 valence electrons. The molecule has 0 saturated heterocycles. The van der Waals surface area contributed by atoms with Crippen LogP contribution in [0.4, 0.5) is 0 Å². The smallest absolute Gasteiger partial charge is 0.340 e. The van der Waals surface area contributed by atoms with Gasteiger partial charge in [-0.3, -0.25) is 0 Å². The maximum absolute atomic E-state index is 11.4. The predicted octanol–water partition coefficient (Wildman–Crippen LogP) is 3.72. The average Bonchev–Trinajstić information content (AvgIpc) is 2.40. The fourth-order valence-electron chi connectivity index (χ4n) is 2.60. The lowest BCUT2D eigenvalue weighted by atomic mass is 9.91. The van der Waals surface area contributed by atoms with Crippen LogP contribution in [0.3, 0.4) is 0 Å². The fraction of sp³-hybridized carbons (Fsp3) is 0.667. The van der Waals surface area contributed by atoms with Crippen molar-refractivity contribution in [3.05, 3.63) is 17.1 Å². The summed E-state index contributed by atoms with van der Waals surface area (Å²) >= 11 is 1.63. The van der Waals surface area contributed by atoms with Crippen LogP contribution in [0.1, 0.15) is 61.4 Å². The van der Waals surface area contributed by atoms with Crippen LogP contribution >= 0.6 is 11.8 Å². The predicted molar refractivity (Wildman–Crippen MR) is 80.4 cm³/mol. The number of thioether (sulfide) groups is 1. The molecule has 0 aliphatic heterocycles. The van der Waals surface area contributed by atoms with Crippen molar-refractivity contribution in [2.75, 3.05) is 0 Å². The van der Waals surface area contributed by atoms with Crippen LogP contribution in [0.2, 0.25) is 0 Å². The summed E-state index contributed by atoms with van der Waals surface area (Å²) in [5.41, 5.74) is 0.863. The van der Waals surface area contributed by atoms with E-state index in [0.717, 1.165) is 31.0 Å². The minimum atomic E-state index is -0.920. The molecule has 1 fully saturated rings. The van der Waals surface area contributed by atoms with Crippen molar-refractivity contribution in [1.29, 1.82) is 0 Å². The standard InChI is InChI=1S/C15H22N2O2S/c1-4-12-16-10(3)13(15(18)19)14(17-12)20-11-7-5-9(2)6-8-11/h9,11H,4-8H2,1-3H3,(H,18,19). The van der Waals surface area contributed by atoms with Crippen molar-refractivity contribution in [2.24, 2.45) is 5.92 Å². The van der Waals surface area contributed by atoms with E-state index in [9.17, 15) is 9.90 Å². The number of nitrogens with zero attached hydrogens (tertiary/aromatic N) is 2. The first-order valence-electron chi connectivity index (χ1n) is 7.28. The monoisotopic (exact) mass is 294 g/mol. The normalized spacial score (nSPS) is 22.8. The van der Waals surface area contributed by atoms with E-state index in [1.165, 1.54) is 12.8 Å². The van der Waals surface area contributed by atoms with Gasteiger partial charge in [-0.25, -0.2) is 14.8 Å². The number of aromatic nitrogens is 2. The number of hydrogen-bond donors (Lipinski definition) is 1. The number of hydrogen-bond acceptors (Lipinski definition) is 4. The molecule has 0 radical (unpaired) electrons. The van der Waals surface area contributed by atoms with Crippen LogP contribution in [-0.2, 0) is 6.42 Å². The van der Waals surface area contributed by atoms with Crippen LogP contribution in [0.5, 0.6) is 0 Å². The van der Waals surface area contributed by atoms with E-state index in [1.54, 1.807) is 18.7 Å². The summed E-state index contributed by atoms with van der Waals surface area (Å²) in [6.45, 7) is 6.04. The molecule has 0 spiro atoms. The Bertz CT molecular complexity index is 497. The van der Waals surface area contributed by atoms with Gasteiger partial charge >= 0.3 is 5.97 Å². The van der Waals surface area contributed by atoms with E-state index in [1.807, 2.05) is 6.92 Å². The molecule has 0 amide bonds. The first-order chi connectivity index (χ1) is 9.51. The zero-order valence-electron chi connectivity index (χ0n) is 12.3. The Kier molecular flexibility index (Phi) is 5.02. The van der Waals surface area contributed by atoms with Crippen LogP contribution < -0.4 is 0 Å². The van der Waals surface area contributed by atoms with Crippen LogP contribution in [0.15, 0.2) is 5.03 Å². The van der Waals surface area contributed by atoms with E-state index in [0.29, 0.717) is 16.0 Å². The lowest BCUT2D eigenvalue weighted by Crippen LogP contribution is -2.16. The second-order valence-electron chi connectivity index (χ2n) is 5.56. The molecule has 2 rings (SSSR count). The lowest BCUT2D eigenvalue weighted by molar-refractivity contribution is 0.0690. The highest BCUT2D eigenvalue weighted by Crippen LogP contribution is 2.36. The molecular formula is C15H22N2O2S. The molecule has 1 aliphatic carbocycles. The van der Waals surface area contributed by atoms with E-state index in [-0.39, 0.29) is 5.56 Å². The number of carbonyl (C=O) groups is 1. The molecule has 1 N–H and O–H groups in total. The van der Waals surface area contributed by atoms with Crippen molar-refractivity contribution in [1.82, 2.24) is 9.97 Å². The Labute approximate surface area is 124 Å². The maximum Gasteiger partial charge on any atom is 0.340 e.